The fourth-order valence-corrected chi connectivity index (χ4v) is 2.09. The van der Waals surface area contributed by atoms with E-state index in [0.717, 1.165) is 17.7 Å². The van der Waals surface area contributed by atoms with Crippen molar-refractivity contribution in [3.8, 4) is 0 Å². The van der Waals surface area contributed by atoms with Gasteiger partial charge in [-0.3, -0.25) is 4.79 Å². The molecule has 0 heterocycles. The van der Waals surface area contributed by atoms with E-state index in [1.807, 2.05) is 6.07 Å². The minimum Gasteiger partial charge on any atom is -0.384 e. The number of rotatable bonds is 6. The quantitative estimate of drug-likeness (QED) is 0.466. The Hall–Kier alpha value is -2.67. The number of carbonyl (C=O) groups excluding carboxylic acids is 1. The van der Waals surface area contributed by atoms with Gasteiger partial charge in [0.25, 0.3) is 5.91 Å². The largest absolute Gasteiger partial charge is 0.384 e. The Labute approximate surface area is 148 Å². The third kappa shape index (κ3) is 5.42. The van der Waals surface area contributed by atoms with E-state index >= 15 is 0 Å². The molecule has 1 atom stereocenters. The van der Waals surface area contributed by atoms with Crippen LogP contribution in [0.4, 0.5) is 14.5 Å². The number of nitrogens with zero attached hydrogens (tertiary/aromatic N) is 1. The van der Waals surface area contributed by atoms with Gasteiger partial charge in [0.15, 0.2) is 0 Å². The third-order valence-electron chi connectivity index (χ3n) is 3.22. The first kappa shape index (κ1) is 18.7. The Morgan fingerprint density at radius 3 is 2.72 bits per heavy atom. The molecule has 132 valence electrons. The van der Waals surface area contributed by atoms with Gasteiger partial charge in [0.05, 0.1) is 5.69 Å². The summed E-state index contributed by atoms with van der Waals surface area (Å²) < 4.78 is 26.4. The summed E-state index contributed by atoms with van der Waals surface area (Å²) >= 11 is 6.02. The number of halogens is 3. The van der Waals surface area contributed by atoms with E-state index in [-0.39, 0.29) is 17.9 Å². The van der Waals surface area contributed by atoms with Crippen molar-refractivity contribution in [2.45, 2.75) is 19.4 Å². The SMILES string of the molecule is CC(ON=C(N)Cc1ccccc1Cl)C(=O)Nc1ccc(F)cc1F. The Morgan fingerprint density at radius 2 is 2.04 bits per heavy atom. The number of anilines is 1. The first-order valence-electron chi connectivity index (χ1n) is 7.34. The number of hydrogen-bond donors (Lipinski definition) is 2. The van der Waals surface area contributed by atoms with Crippen LogP contribution in [0.3, 0.4) is 0 Å². The van der Waals surface area contributed by atoms with Gasteiger partial charge in [-0.15, -0.1) is 0 Å². The van der Waals surface area contributed by atoms with Gasteiger partial charge in [-0.2, -0.15) is 0 Å². The molecule has 0 saturated carbocycles. The standard InChI is InChI=1S/C17H16ClF2N3O2/c1-10(17(24)22-15-7-6-12(19)9-14(15)20)25-23-16(21)8-11-4-2-3-5-13(11)18/h2-7,9-10H,8H2,1H3,(H2,21,23)(H,22,24). The highest BCUT2D eigenvalue weighted by molar-refractivity contribution is 6.31. The maximum atomic E-state index is 13.5. The smallest absolute Gasteiger partial charge is 0.268 e. The second-order valence-corrected chi connectivity index (χ2v) is 5.62. The van der Waals surface area contributed by atoms with E-state index in [1.54, 1.807) is 18.2 Å². The van der Waals surface area contributed by atoms with E-state index in [0.29, 0.717) is 11.1 Å². The molecule has 8 heteroatoms. The molecule has 1 amide bonds. The van der Waals surface area contributed by atoms with Crippen molar-refractivity contribution >= 4 is 29.0 Å². The van der Waals surface area contributed by atoms with Crippen molar-refractivity contribution in [3.63, 3.8) is 0 Å². The molecule has 0 spiro atoms. The number of hydrogen-bond acceptors (Lipinski definition) is 3. The van der Waals surface area contributed by atoms with Gasteiger partial charge in [0.1, 0.15) is 17.5 Å². The predicted octanol–water partition coefficient (Wildman–Crippen LogP) is 3.48. The lowest BCUT2D eigenvalue weighted by molar-refractivity contribution is -0.126. The Bertz CT molecular complexity index is 799. The highest BCUT2D eigenvalue weighted by Gasteiger charge is 2.17. The summed E-state index contributed by atoms with van der Waals surface area (Å²) in [6.07, 6.45) is -0.783. The summed E-state index contributed by atoms with van der Waals surface area (Å²) in [7, 11) is 0. The number of amides is 1. The van der Waals surface area contributed by atoms with Gasteiger partial charge < -0.3 is 15.9 Å². The zero-order valence-electron chi connectivity index (χ0n) is 13.3. The molecular formula is C17H16ClF2N3O2. The molecule has 3 N–H and O–H groups in total. The van der Waals surface area contributed by atoms with Crippen LogP contribution in [0.2, 0.25) is 5.02 Å². The van der Waals surface area contributed by atoms with Crippen LogP contribution in [0.25, 0.3) is 0 Å². The molecule has 0 aromatic heterocycles. The molecule has 1 unspecified atom stereocenters. The number of benzene rings is 2. The van der Waals surface area contributed by atoms with Crippen LogP contribution in [0.15, 0.2) is 47.6 Å². The van der Waals surface area contributed by atoms with Crippen LogP contribution in [0, 0.1) is 11.6 Å². The first-order valence-corrected chi connectivity index (χ1v) is 7.72. The molecule has 0 bridgehead atoms. The molecule has 0 aliphatic heterocycles. The van der Waals surface area contributed by atoms with Crippen LogP contribution >= 0.6 is 11.6 Å². The van der Waals surface area contributed by atoms with Crippen LogP contribution in [-0.2, 0) is 16.1 Å². The van der Waals surface area contributed by atoms with Crippen molar-refractivity contribution in [2.75, 3.05) is 5.32 Å². The third-order valence-corrected chi connectivity index (χ3v) is 3.58. The lowest BCUT2D eigenvalue weighted by atomic mass is 10.1. The average Bonchev–Trinajstić information content (AvgIpc) is 2.57. The molecule has 0 fully saturated rings. The Morgan fingerprint density at radius 1 is 1.32 bits per heavy atom. The fraction of sp³-hybridized carbons (Fsp3) is 0.176. The van der Waals surface area contributed by atoms with Crippen molar-refractivity contribution in [1.29, 1.82) is 0 Å². The molecule has 2 aromatic carbocycles. The highest BCUT2D eigenvalue weighted by Crippen LogP contribution is 2.16. The molecule has 0 radical (unpaired) electrons. The molecule has 2 rings (SSSR count). The van der Waals surface area contributed by atoms with Crippen LogP contribution in [0.1, 0.15) is 12.5 Å². The zero-order valence-corrected chi connectivity index (χ0v) is 14.1. The molecule has 5 nitrogen and oxygen atoms in total. The summed E-state index contributed by atoms with van der Waals surface area (Å²) in [5, 5.41) is 6.50. The minimum absolute atomic E-state index is 0.126. The molecular weight excluding hydrogens is 352 g/mol. The zero-order chi connectivity index (χ0) is 18.4. The second-order valence-electron chi connectivity index (χ2n) is 5.21. The lowest BCUT2D eigenvalue weighted by Gasteiger charge is -2.12. The molecule has 25 heavy (non-hydrogen) atoms. The average molecular weight is 368 g/mol. The van der Waals surface area contributed by atoms with E-state index < -0.39 is 23.6 Å². The summed E-state index contributed by atoms with van der Waals surface area (Å²) in [6.45, 7) is 1.42. The van der Waals surface area contributed by atoms with Gasteiger partial charge in [0.2, 0.25) is 6.10 Å². The summed E-state index contributed by atoms with van der Waals surface area (Å²) in [6, 6.07) is 9.92. The second kappa shape index (κ2) is 8.43. The van der Waals surface area contributed by atoms with Crippen molar-refractivity contribution in [3.05, 3.63) is 64.7 Å². The Balaban J connectivity index is 1.93. The van der Waals surface area contributed by atoms with E-state index in [9.17, 15) is 13.6 Å². The minimum atomic E-state index is -1.03. The summed E-state index contributed by atoms with van der Waals surface area (Å²) in [5.74, 6) is -2.15. The molecule has 0 saturated heterocycles. The van der Waals surface area contributed by atoms with Gasteiger partial charge in [0, 0.05) is 17.5 Å². The number of nitrogens with one attached hydrogen (secondary N) is 1. The Kier molecular flexibility index (Phi) is 6.30. The summed E-state index contributed by atoms with van der Waals surface area (Å²) in [5.41, 5.74) is 6.36. The van der Waals surface area contributed by atoms with Crippen LogP contribution in [0.5, 0.6) is 0 Å². The molecule has 0 aliphatic carbocycles. The van der Waals surface area contributed by atoms with Crippen molar-refractivity contribution in [2.24, 2.45) is 10.9 Å². The maximum absolute atomic E-state index is 13.5. The van der Waals surface area contributed by atoms with Gasteiger partial charge in [-0.25, -0.2) is 8.78 Å². The van der Waals surface area contributed by atoms with E-state index in [1.165, 1.54) is 6.92 Å². The van der Waals surface area contributed by atoms with Gasteiger partial charge in [-0.05, 0) is 30.7 Å². The normalized spacial score (nSPS) is 12.6. The molecule has 0 aliphatic rings. The fourth-order valence-electron chi connectivity index (χ4n) is 1.89. The monoisotopic (exact) mass is 367 g/mol. The van der Waals surface area contributed by atoms with Gasteiger partial charge >= 0.3 is 0 Å². The van der Waals surface area contributed by atoms with Crippen molar-refractivity contribution < 1.29 is 18.4 Å². The van der Waals surface area contributed by atoms with Crippen molar-refractivity contribution in [1.82, 2.24) is 0 Å². The predicted molar refractivity (Wildman–Crippen MR) is 92.3 cm³/mol. The van der Waals surface area contributed by atoms with Gasteiger partial charge in [-0.1, -0.05) is 35.0 Å². The first-order chi connectivity index (χ1) is 11.9. The maximum Gasteiger partial charge on any atom is 0.268 e. The number of amidine groups is 1. The lowest BCUT2D eigenvalue weighted by Crippen LogP contribution is -2.28. The topological polar surface area (TPSA) is 76.7 Å². The summed E-state index contributed by atoms with van der Waals surface area (Å²) in [4.78, 5) is 17.0. The number of nitrogens with two attached hydrogens (primary N) is 1. The van der Waals surface area contributed by atoms with E-state index in [4.69, 9.17) is 22.2 Å². The van der Waals surface area contributed by atoms with E-state index in [2.05, 4.69) is 10.5 Å². The highest BCUT2D eigenvalue weighted by atomic mass is 35.5. The number of oxime groups is 1. The molecule has 2 aromatic rings. The van der Waals surface area contributed by atoms with Crippen LogP contribution in [-0.4, -0.2) is 17.8 Å². The number of carbonyl (C=O) groups is 1. The van der Waals surface area contributed by atoms with Crippen LogP contribution < -0.4 is 11.1 Å².